The molecule has 1 saturated carbocycles. The Kier molecular flexibility index (Phi) is 3.95. The third-order valence-corrected chi connectivity index (χ3v) is 4.90. The summed E-state index contributed by atoms with van der Waals surface area (Å²) < 4.78 is 0. The summed E-state index contributed by atoms with van der Waals surface area (Å²) in [7, 11) is 0. The average molecular weight is 310 g/mol. The first kappa shape index (κ1) is 14.6. The Morgan fingerprint density at radius 3 is 2.83 bits per heavy atom. The minimum Gasteiger partial charge on any atom is -0.391 e. The molecule has 23 heavy (non-hydrogen) atoms. The van der Waals surface area contributed by atoms with E-state index in [1.54, 1.807) is 12.4 Å². The molecule has 0 bridgehead atoms. The second kappa shape index (κ2) is 6.24. The second-order valence-corrected chi connectivity index (χ2v) is 6.52. The van der Waals surface area contributed by atoms with Crippen molar-refractivity contribution in [3.63, 3.8) is 0 Å². The molecule has 2 aromatic rings. The van der Waals surface area contributed by atoms with Gasteiger partial charge in [0.05, 0.1) is 12.1 Å². The van der Waals surface area contributed by atoms with Gasteiger partial charge < -0.3 is 10.4 Å². The Morgan fingerprint density at radius 1 is 1.09 bits per heavy atom. The molecule has 4 rings (SSSR count). The van der Waals surface area contributed by atoms with Crippen LogP contribution in [0.4, 0.5) is 5.82 Å². The Hall–Kier alpha value is -2.01. The molecule has 120 valence electrons. The molecule has 2 atom stereocenters. The quantitative estimate of drug-likeness (QED) is 0.912. The van der Waals surface area contributed by atoms with Crippen LogP contribution in [0.25, 0.3) is 11.4 Å². The van der Waals surface area contributed by atoms with E-state index in [1.807, 2.05) is 12.1 Å². The molecule has 5 nitrogen and oxygen atoms in total. The lowest BCUT2D eigenvalue weighted by Crippen LogP contribution is -2.37. The van der Waals surface area contributed by atoms with Crippen LogP contribution in [0.5, 0.6) is 0 Å². The van der Waals surface area contributed by atoms with E-state index >= 15 is 0 Å². The van der Waals surface area contributed by atoms with E-state index < -0.39 is 0 Å². The zero-order chi connectivity index (χ0) is 15.6. The summed E-state index contributed by atoms with van der Waals surface area (Å²) in [5, 5.41) is 13.8. The number of anilines is 1. The maximum absolute atomic E-state index is 10.2. The standard InChI is InChI=1S/C18H22N4O/c23-16-9-2-1-7-15(16)21-18-13-6-3-8-14(13)20-17(22-18)12-5-4-10-19-11-12/h4-5,10-11,15-16,23H,1-3,6-9H2,(H,20,21,22)/t15-,16-/m1/s1. The fourth-order valence-corrected chi connectivity index (χ4v) is 3.63. The number of aliphatic hydroxyl groups is 1. The molecule has 0 spiro atoms. The number of aromatic nitrogens is 3. The van der Waals surface area contributed by atoms with Gasteiger partial charge in [-0.2, -0.15) is 0 Å². The molecule has 2 aliphatic rings. The van der Waals surface area contributed by atoms with E-state index in [1.165, 1.54) is 5.56 Å². The molecule has 2 aromatic heterocycles. The van der Waals surface area contributed by atoms with Crippen molar-refractivity contribution in [1.82, 2.24) is 15.0 Å². The van der Waals surface area contributed by atoms with Gasteiger partial charge in [0, 0.05) is 29.2 Å². The van der Waals surface area contributed by atoms with Crippen LogP contribution in [-0.2, 0) is 12.8 Å². The van der Waals surface area contributed by atoms with Gasteiger partial charge in [0.15, 0.2) is 5.82 Å². The monoisotopic (exact) mass is 310 g/mol. The first-order valence-corrected chi connectivity index (χ1v) is 8.56. The summed E-state index contributed by atoms with van der Waals surface area (Å²) in [6.45, 7) is 0. The van der Waals surface area contributed by atoms with Gasteiger partial charge in [0.1, 0.15) is 5.82 Å². The van der Waals surface area contributed by atoms with Crippen molar-refractivity contribution >= 4 is 5.82 Å². The van der Waals surface area contributed by atoms with Crippen LogP contribution in [0, 0.1) is 0 Å². The summed E-state index contributed by atoms with van der Waals surface area (Å²) in [6.07, 6.45) is 10.6. The number of pyridine rings is 1. The zero-order valence-electron chi connectivity index (χ0n) is 13.2. The minimum atomic E-state index is -0.280. The molecule has 0 unspecified atom stereocenters. The third kappa shape index (κ3) is 2.93. The van der Waals surface area contributed by atoms with Crippen LogP contribution >= 0.6 is 0 Å². The van der Waals surface area contributed by atoms with Gasteiger partial charge >= 0.3 is 0 Å². The number of nitrogens with one attached hydrogen (secondary N) is 1. The minimum absolute atomic E-state index is 0.102. The van der Waals surface area contributed by atoms with Gasteiger partial charge in [-0.25, -0.2) is 9.97 Å². The average Bonchev–Trinajstić information content (AvgIpc) is 3.06. The van der Waals surface area contributed by atoms with Crippen LogP contribution in [0.2, 0.25) is 0 Å². The maximum atomic E-state index is 10.2. The molecular formula is C18H22N4O. The highest BCUT2D eigenvalue weighted by Crippen LogP contribution is 2.31. The van der Waals surface area contributed by atoms with E-state index in [4.69, 9.17) is 9.97 Å². The van der Waals surface area contributed by atoms with Crippen molar-refractivity contribution in [2.45, 2.75) is 57.1 Å². The lowest BCUT2D eigenvalue weighted by atomic mass is 9.92. The first-order valence-electron chi connectivity index (χ1n) is 8.56. The normalized spacial score (nSPS) is 23.5. The predicted molar refractivity (Wildman–Crippen MR) is 89.2 cm³/mol. The topological polar surface area (TPSA) is 70.9 Å². The van der Waals surface area contributed by atoms with E-state index in [-0.39, 0.29) is 12.1 Å². The summed E-state index contributed by atoms with van der Waals surface area (Å²) in [5.41, 5.74) is 3.32. The molecule has 0 amide bonds. The number of aryl methyl sites for hydroxylation is 1. The van der Waals surface area contributed by atoms with E-state index in [0.717, 1.165) is 67.8 Å². The van der Waals surface area contributed by atoms with Crippen LogP contribution in [0.3, 0.4) is 0 Å². The first-order chi connectivity index (χ1) is 11.3. The third-order valence-electron chi connectivity index (χ3n) is 4.90. The van der Waals surface area contributed by atoms with Crippen molar-refractivity contribution in [3.05, 3.63) is 35.8 Å². The van der Waals surface area contributed by atoms with Crippen LogP contribution < -0.4 is 5.32 Å². The highest BCUT2D eigenvalue weighted by molar-refractivity contribution is 5.60. The van der Waals surface area contributed by atoms with Crippen molar-refractivity contribution in [3.8, 4) is 11.4 Å². The van der Waals surface area contributed by atoms with Crippen molar-refractivity contribution in [1.29, 1.82) is 0 Å². The number of nitrogens with zero attached hydrogens (tertiary/aromatic N) is 3. The highest BCUT2D eigenvalue weighted by Gasteiger charge is 2.26. The Morgan fingerprint density at radius 2 is 2.00 bits per heavy atom. The van der Waals surface area contributed by atoms with E-state index in [2.05, 4.69) is 10.3 Å². The van der Waals surface area contributed by atoms with Gasteiger partial charge in [0.25, 0.3) is 0 Å². The molecule has 2 N–H and O–H groups in total. The molecular weight excluding hydrogens is 288 g/mol. The molecule has 2 heterocycles. The Labute approximate surface area is 136 Å². The van der Waals surface area contributed by atoms with Gasteiger partial charge in [-0.05, 0) is 44.2 Å². The van der Waals surface area contributed by atoms with Gasteiger partial charge in [-0.15, -0.1) is 0 Å². The van der Waals surface area contributed by atoms with Crippen LogP contribution in [0.1, 0.15) is 43.4 Å². The zero-order valence-corrected chi connectivity index (χ0v) is 13.2. The molecule has 5 heteroatoms. The van der Waals surface area contributed by atoms with Crippen LogP contribution in [-0.4, -0.2) is 32.2 Å². The number of hydrogen-bond donors (Lipinski definition) is 2. The molecule has 1 fully saturated rings. The predicted octanol–water partition coefficient (Wildman–Crippen LogP) is 2.74. The van der Waals surface area contributed by atoms with Gasteiger partial charge in [0.2, 0.25) is 0 Å². The van der Waals surface area contributed by atoms with Crippen molar-refractivity contribution in [2.75, 3.05) is 5.32 Å². The number of rotatable bonds is 3. The van der Waals surface area contributed by atoms with E-state index in [9.17, 15) is 5.11 Å². The number of hydrogen-bond acceptors (Lipinski definition) is 5. The Balaban J connectivity index is 1.69. The summed E-state index contributed by atoms with van der Waals surface area (Å²) in [6, 6.07) is 4.00. The largest absolute Gasteiger partial charge is 0.391 e. The fourth-order valence-electron chi connectivity index (χ4n) is 3.63. The molecule has 0 aromatic carbocycles. The number of fused-ring (bicyclic) bond motifs is 1. The maximum Gasteiger partial charge on any atom is 0.163 e. The summed E-state index contributed by atoms with van der Waals surface area (Å²) >= 11 is 0. The lowest BCUT2D eigenvalue weighted by Gasteiger charge is -2.29. The summed E-state index contributed by atoms with van der Waals surface area (Å²) in [5.74, 6) is 1.64. The van der Waals surface area contributed by atoms with Crippen molar-refractivity contribution < 1.29 is 5.11 Å². The van der Waals surface area contributed by atoms with Gasteiger partial charge in [-0.3, -0.25) is 4.98 Å². The highest BCUT2D eigenvalue weighted by atomic mass is 16.3. The van der Waals surface area contributed by atoms with E-state index in [0.29, 0.717) is 0 Å². The second-order valence-electron chi connectivity index (χ2n) is 6.52. The summed E-state index contributed by atoms with van der Waals surface area (Å²) in [4.78, 5) is 13.7. The molecule has 2 aliphatic carbocycles. The smallest absolute Gasteiger partial charge is 0.163 e. The van der Waals surface area contributed by atoms with Gasteiger partial charge in [-0.1, -0.05) is 12.8 Å². The molecule has 0 aliphatic heterocycles. The lowest BCUT2D eigenvalue weighted by molar-refractivity contribution is 0.116. The fraction of sp³-hybridized carbons (Fsp3) is 0.500. The van der Waals surface area contributed by atoms with Crippen LogP contribution in [0.15, 0.2) is 24.5 Å². The van der Waals surface area contributed by atoms with Crippen molar-refractivity contribution in [2.24, 2.45) is 0 Å². The Bertz CT molecular complexity index is 689. The molecule has 0 radical (unpaired) electrons. The molecule has 0 saturated heterocycles. The SMILES string of the molecule is O[C@@H]1CCCC[C@H]1Nc1nc(-c2cccnc2)nc2c1CCC2. The number of aliphatic hydroxyl groups excluding tert-OH is 1.